The van der Waals surface area contributed by atoms with E-state index >= 15 is 0 Å². The molecule has 0 radical (unpaired) electrons. The molecule has 7 heteroatoms. The molecule has 0 unspecified atom stereocenters. The summed E-state index contributed by atoms with van der Waals surface area (Å²) in [6.45, 7) is 1.11. The third-order valence-corrected chi connectivity index (χ3v) is 5.43. The van der Waals surface area contributed by atoms with Crippen LogP contribution in [0.25, 0.3) is 17.1 Å². The molecule has 0 spiro atoms. The van der Waals surface area contributed by atoms with Crippen molar-refractivity contribution in [3.63, 3.8) is 0 Å². The lowest BCUT2D eigenvalue weighted by atomic mass is 10.2. The second-order valence-corrected chi connectivity index (χ2v) is 7.32. The molecule has 0 amide bonds. The summed E-state index contributed by atoms with van der Waals surface area (Å²) in [6.07, 6.45) is 1.07. The number of nitrogens with zero attached hydrogens (tertiary/aromatic N) is 3. The van der Waals surface area contributed by atoms with Crippen LogP contribution in [0.5, 0.6) is 0 Å². The molecule has 1 atom stereocenters. The first kappa shape index (κ1) is 17.5. The Hall–Kier alpha value is -1.86. The Morgan fingerprint density at radius 2 is 1.88 bits per heavy atom. The van der Waals surface area contributed by atoms with Gasteiger partial charge in [-0.15, -0.1) is 10.2 Å². The van der Waals surface area contributed by atoms with Crippen molar-refractivity contribution in [1.29, 1.82) is 0 Å². The fourth-order valence-corrected chi connectivity index (χ4v) is 3.90. The van der Waals surface area contributed by atoms with E-state index in [-0.39, 0.29) is 6.10 Å². The summed E-state index contributed by atoms with van der Waals surface area (Å²) in [5, 5.41) is 10.4. The van der Waals surface area contributed by atoms with Gasteiger partial charge in [0.15, 0.2) is 11.0 Å². The first-order chi connectivity index (χ1) is 12.8. The van der Waals surface area contributed by atoms with Gasteiger partial charge in [-0.05, 0) is 42.8 Å². The topological polar surface area (TPSA) is 49.2 Å². The summed E-state index contributed by atoms with van der Waals surface area (Å²) in [6, 6.07) is 17.8. The Morgan fingerprint density at radius 3 is 2.62 bits per heavy atom. The van der Waals surface area contributed by atoms with Gasteiger partial charge in [0, 0.05) is 22.0 Å². The average Bonchev–Trinajstić information content (AvgIpc) is 3.12. The highest BCUT2D eigenvalue weighted by molar-refractivity contribution is 7.99. The van der Waals surface area contributed by atoms with Crippen LogP contribution in [0, 0.1) is 0 Å². The summed E-state index contributed by atoms with van der Waals surface area (Å²) in [7, 11) is 0. The molecule has 1 aromatic heterocycles. The monoisotopic (exact) mass is 387 g/mol. The molecule has 0 bridgehead atoms. The second-order valence-electron chi connectivity index (χ2n) is 5.90. The molecule has 4 rings (SSSR count). The Balaban J connectivity index is 1.66. The zero-order chi connectivity index (χ0) is 17.8. The molecule has 3 aromatic rings. The molecule has 1 aliphatic heterocycles. The molecular weight excluding hydrogens is 370 g/mol. The molecule has 134 valence electrons. The van der Waals surface area contributed by atoms with E-state index in [9.17, 15) is 0 Å². The van der Waals surface area contributed by atoms with Crippen molar-refractivity contribution < 1.29 is 9.47 Å². The highest BCUT2D eigenvalue weighted by atomic mass is 35.5. The lowest BCUT2D eigenvalue weighted by Gasteiger charge is -2.22. The fourth-order valence-electron chi connectivity index (χ4n) is 2.76. The van der Waals surface area contributed by atoms with Crippen molar-refractivity contribution in [3.05, 3.63) is 59.6 Å². The zero-order valence-corrected chi connectivity index (χ0v) is 15.6. The van der Waals surface area contributed by atoms with Crippen molar-refractivity contribution in [3.8, 4) is 17.1 Å². The van der Waals surface area contributed by atoms with Gasteiger partial charge in [0.2, 0.25) is 0 Å². The SMILES string of the molecule is Clc1ccc(-c2nnc(SC[C@@H]3CCOCO3)n2-c2ccccc2)cc1. The van der Waals surface area contributed by atoms with E-state index in [2.05, 4.69) is 26.9 Å². The molecular formula is C19H18ClN3O2S. The van der Waals surface area contributed by atoms with E-state index in [0.717, 1.165) is 41.0 Å². The van der Waals surface area contributed by atoms with Crippen LogP contribution in [0.4, 0.5) is 0 Å². The number of hydrogen-bond acceptors (Lipinski definition) is 5. The highest BCUT2D eigenvalue weighted by Gasteiger charge is 2.19. The summed E-state index contributed by atoms with van der Waals surface area (Å²) in [5.41, 5.74) is 2.00. The van der Waals surface area contributed by atoms with Crippen LogP contribution < -0.4 is 0 Å². The predicted octanol–water partition coefficient (Wildman–Crippen LogP) is 4.44. The van der Waals surface area contributed by atoms with Gasteiger partial charge in [0.05, 0.1) is 12.7 Å². The van der Waals surface area contributed by atoms with Crippen LogP contribution in [0.3, 0.4) is 0 Å². The van der Waals surface area contributed by atoms with Crippen LogP contribution in [-0.4, -0.2) is 40.0 Å². The van der Waals surface area contributed by atoms with Gasteiger partial charge in [-0.25, -0.2) is 0 Å². The molecule has 0 N–H and O–H groups in total. The van der Waals surface area contributed by atoms with Gasteiger partial charge in [-0.2, -0.15) is 0 Å². The van der Waals surface area contributed by atoms with Crippen LogP contribution in [-0.2, 0) is 9.47 Å². The minimum absolute atomic E-state index is 0.175. The molecule has 1 saturated heterocycles. The number of hydrogen-bond donors (Lipinski definition) is 0. The van der Waals surface area contributed by atoms with Crippen molar-refractivity contribution in [2.24, 2.45) is 0 Å². The summed E-state index contributed by atoms with van der Waals surface area (Å²) >= 11 is 7.68. The van der Waals surface area contributed by atoms with Crippen molar-refractivity contribution in [1.82, 2.24) is 14.8 Å². The maximum Gasteiger partial charge on any atom is 0.196 e. The van der Waals surface area contributed by atoms with Gasteiger partial charge in [-0.3, -0.25) is 4.57 Å². The maximum atomic E-state index is 6.03. The normalized spacial score (nSPS) is 17.3. The lowest BCUT2D eigenvalue weighted by Crippen LogP contribution is -2.25. The maximum absolute atomic E-state index is 6.03. The molecule has 0 saturated carbocycles. The molecule has 26 heavy (non-hydrogen) atoms. The predicted molar refractivity (Wildman–Crippen MR) is 103 cm³/mol. The Bertz CT molecular complexity index is 849. The third-order valence-electron chi connectivity index (χ3n) is 4.12. The van der Waals surface area contributed by atoms with Crippen LogP contribution in [0.15, 0.2) is 59.8 Å². The number of para-hydroxylation sites is 1. The third kappa shape index (κ3) is 3.94. The smallest absolute Gasteiger partial charge is 0.196 e. The van der Waals surface area contributed by atoms with E-state index in [1.54, 1.807) is 11.8 Å². The first-order valence-electron chi connectivity index (χ1n) is 8.40. The van der Waals surface area contributed by atoms with Gasteiger partial charge in [0.25, 0.3) is 0 Å². The number of benzene rings is 2. The lowest BCUT2D eigenvalue weighted by molar-refractivity contribution is -0.130. The molecule has 2 heterocycles. The summed E-state index contributed by atoms with van der Waals surface area (Å²) in [5.74, 6) is 1.61. The zero-order valence-electron chi connectivity index (χ0n) is 14.0. The molecule has 2 aromatic carbocycles. The minimum Gasteiger partial charge on any atom is -0.355 e. The van der Waals surface area contributed by atoms with Crippen molar-refractivity contribution in [2.75, 3.05) is 19.2 Å². The van der Waals surface area contributed by atoms with Gasteiger partial charge in [-0.1, -0.05) is 41.6 Å². The quantitative estimate of drug-likeness (QED) is 0.605. The fraction of sp³-hybridized carbons (Fsp3) is 0.263. The first-order valence-corrected chi connectivity index (χ1v) is 9.76. The molecule has 1 fully saturated rings. The van der Waals surface area contributed by atoms with E-state index < -0.39 is 0 Å². The van der Waals surface area contributed by atoms with Gasteiger partial charge in [0.1, 0.15) is 6.79 Å². The number of aromatic nitrogens is 3. The van der Waals surface area contributed by atoms with Crippen molar-refractivity contribution >= 4 is 23.4 Å². The van der Waals surface area contributed by atoms with E-state index in [1.807, 2.05) is 42.5 Å². The standard InChI is InChI=1S/C19H18ClN3O2S/c20-15-8-6-14(7-9-15)18-21-22-19(23(18)16-4-2-1-3-5-16)26-12-17-10-11-24-13-25-17/h1-9,17H,10-13H2/t17-/m0/s1. The Kier molecular flexibility index (Phi) is 5.55. The van der Waals surface area contributed by atoms with Crippen LogP contribution >= 0.6 is 23.4 Å². The summed E-state index contributed by atoms with van der Waals surface area (Å²) in [4.78, 5) is 0. The molecule has 5 nitrogen and oxygen atoms in total. The summed E-state index contributed by atoms with van der Waals surface area (Å²) < 4.78 is 13.0. The van der Waals surface area contributed by atoms with Gasteiger partial charge >= 0.3 is 0 Å². The number of rotatable bonds is 5. The average molecular weight is 388 g/mol. The Labute approximate surface area is 161 Å². The highest BCUT2D eigenvalue weighted by Crippen LogP contribution is 2.29. The number of thioether (sulfide) groups is 1. The number of ether oxygens (including phenoxy) is 2. The van der Waals surface area contributed by atoms with Crippen LogP contribution in [0.1, 0.15) is 6.42 Å². The number of halogens is 1. The van der Waals surface area contributed by atoms with E-state index in [0.29, 0.717) is 11.8 Å². The van der Waals surface area contributed by atoms with E-state index in [1.165, 1.54) is 0 Å². The minimum atomic E-state index is 0.175. The second kappa shape index (κ2) is 8.22. The van der Waals surface area contributed by atoms with E-state index in [4.69, 9.17) is 21.1 Å². The molecule has 1 aliphatic rings. The van der Waals surface area contributed by atoms with Crippen LogP contribution in [0.2, 0.25) is 5.02 Å². The van der Waals surface area contributed by atoms with Crippen molar-refractivity contribution in [2.45, 2.75) is 17.7 Å². The Morgan fingerprint density at radius 1 is 1.08 bits per heavy atom. The van der Waals surface area contributed by atoms with Gasteiger partial charge < -0.3 is 9.47 Å². The largest absolute Gasteiger partial charge is 0.355 e. The molecule has 0 aliphatic carbocycles.